The smallest absolute Gasteiger partial charge is 0.343 e. The van der Waals surface area contributed by atoms with Gasteiger partial charge in [0, 0.05) is 16.6 Å². The molecule has 2 aromatic rings. The molecule has 132 valence electrons. The number of rotatable bonds is 5. The Morgan fingerprint density at radius 3 is 2.68 bits per heavy atom. The Balaban J connectivity index is 2.08. The van der Waals surface area contributed by atoms with Crippen molar-refractivity contribution in [2.75, 3.05) is 5.32 Å². The van der Waals surface area contributed by atoms with Crippen LogP contribution in [0.1, 0.15) is 34.0 Å². The Bertz CT molecular complexity index is 802. The van der Waals surface area contributed by atoms with Gasteiger partial charge in [0.25, 0.3) is 5.91 Å². The van der Waals surface area contributed by atoms with Crippen LogP contribution in [0.5, 0.6) is 0 Å². The number of benzene rings is 1. The summed E-state index contributed by atoms with van der Waals surface area (Å²) in [6.45, 7) is 4.87. The summed E-state index contributed by atoms with van der Waals surface area (Å²) < 4.78 is 37.8. The Morgan fingerprint density at radius 1 is 1.36 bits per heavy atom. The highest BCUT2D eigenvalue weighted by molar-refractivity contribution is 7.09. The minimum absolute atomic E-state index is 0.150. The number of nitrogens with zero attached hydrogens (tertiary/aromatic N) is 1. The van der Waals surface area contributed by atoms with Gasteiger partial charge < -0.3 is 10.6 Å². The molecule has 9 heteroatoms. The summed E-state index contributed by atoms with van der Waals surface area (Å²) in [4.78, 5) is 27.0. The molecule has 0 saturated heterocycles. The predicted molar refractivity (Wildman–Crippen MR) is 88.3 cm³/mol. The molecule has 0 spiro atoms. The lowest BCUT2D eigenvalue weighted by molar-refractivity contribution is -0.140. The average molecular weight is 369 g/mol. The number of carbonyl (C=O) groups is 2. The molecule has 5 nitrogen and oxygen atoms in total. The molecular weight excluding hydrogens is 355 g/mol. The number of hydrogen-bond donors (Lipinski definition) is 2. The van der Waals surface area contributed by atoms with Crippen LogP contribution in [0.4, 0.5) is 18.9 Å². The third-order valence-electron chi connectivity index (χ3n) is 3.11. The lowest BCUT2D eigenvalue weighted by Crippen LogP contribution is -2.26. The van der Waals surface area contributed by atoms with Crippen molar-refractivity contribution in [3.05, 3.63) is 58.6 Å². The standard InChI is InChI=1S/C16H14F3N3O2S/c1-3-13(23)21-11-6-4-5-10(7-11)14(24)20-9(2)15-22-12(8-25-15)16(17,18)19/h3-9H,1H2,2H3,(H,20,24)(H,21,23)/t9-/m1/s1. The van der Waals surface area contributed by atoms with Gasteiger partial charge in [-0.25, -0.2) is 4.98 Å². The van der Waals surface area contributed by atoms with E-state index in [0.717, 1.165) is 22.8 Å². The molecule has 0 unspecified atom stereocenters. The Labute approximate surface area is 145 Å². The molecule has 1 heterocycles. The third-order valence-corrected chi connectivity index (χ3v) is 4.14. The Morgan fingerprint density at radius 2 is 2.08 bits per heavy atom. The van der Waals surface area contributed by atoms with E-state index in [1.54, 1.807) is 19.1 Å². The van der Waals surface area contributed by atoms with Crippen LogP contribution in [-0.2, 0) is 11.0 Å². The highest BCUT2D eigenvalue weighted by Crippen LogP contribution is 2.31. The van der Waals surface area contributed by atoms with Gasteiger partial charge >= 0.3 is 6.18 Å². The first-order chi connectivity index (χ1) is 11.7. The number of thiazole rings is 1. The van der Waals surface area contributed by atoms with Crippen LogP contribution >= 0.6 is 11.3 Å². The molecule has 25 heavy (non-hydrogen) atoms. The summed E-state index contributed by atoms with van der Waals surface area (Å²) in [7, 11) is 0. The van der Waals surface area contributed by atoms with Gasteiger partial charge in [0.2, 0.25) is 5.91 Å². The van der Waals surface area contributed by atoms with Crippen molar-refractivity contribution >= 4 is 28.8 Å². The van der Waals surface area contributed by atoms with Crippen molar-refractivity contribution < 1.29 is 22.8 Å². The molecule has 0 aliphatic carbocycles. The molecule has 0 radical (unpaired) electrons. The molecule has 0 aliphatic heterocycles. The maximum absolute atomic E-state index is 12.6. The summed E-state index contributed by atoms with van der Waals surface area (Å²) >= 11 is 0.822. The number of amides is 2. The van der Waals surface area contributed by atoms with Gasteiger partial charge in [-0.1, -0.05) is 12.6 Å². The maximum Gasteiger partial charge on any atom is 0.434 e. The van der Waals surface area contributed by atoms with Gasteiger partial charge in [0.1, 0.15) is 5.01 Å². The van der Waals surface area contributed by atoms with Crippen molar-refractivity contribution in [3.63, 3.8) is 0 Å². The normalized spacial score (nSPS) is 12.3. The quantitative estimate of drug-likeness (QED) is 0.788. The molecule has 1 atom stereocenters. The largest absolute Gasteiger partial charge is 0.434 e. The van der Waals surface area contributed by atoms with E-state index in [9.17, 15) is 22.8 Å². The first-order valence-corrected chi connectivity index (χ1v) is 7.95. The number of hydrogen-bond acceptors (Lipinski definition) is 4. The second-order valence-corrected chi connectivity index (χ2v) is 5.93. The molecule has 0 aliphatic rings. The van der Waals surface area contributed by atoms with Gasteiger partial charge in [0.05, 0.1) is 6.04 Å². The zero-order valence-electron chi connectivity index (χ0n) is 13.1. The topological polar surface area (TPSA) is 71.1 Å². The van der Waals surface area contributed by atoms with E-state index >= 15 is 0 Å². The summed E-state index contributed by atoms with van der Waals surface area (Å²) in [6, 6.07) is 5.45. The fourth-order valence-corrected chi connectivity index (χ4v) is 2.72. The predicted octanol–water partition coefficient (Wildman–Crippen LogP) is 3.78. The minimum atomic E-state index is -4.52. The van der Waals surface area contributed by atoms with Gasteiger partial charge in [-0.05, 0) is 31.2 Å². The van der Waals surface area contributed by atoms with Gasteiger partial charge in [-0.15, -0.1) is 11.3 Å². The Hall–Kier alpha value is -2.68. The molecule has 0 fully saturated rings. The molecule has 1 aromatic carbocycles. The highest BCUT2D eigenvalue weighted by Gasteiger charge is 2.34. The summed E-state index contributed by atoms with van der Waals surface area (Å²) in [5.74, 6) is -0.917. The molecule has 2 rings (SSSR count). The Kier molecular flexibility index (Phi) is 5.58. The van der Waals surface area contributed by atoms with Gasteiger partial charge in [-0.3, -0.25) is 9.59 Å². The lowest BCUT2D eigenvalue weighted by Gasteiger charge is -2.12. The number of carbonyl (C=O) groups excluding carboxylic acids is 2. The maximum atomic E-state index is 12.6. The number of halogens is 3. The average Bonchev–Trinajstić information content (AvgIpc) is 3.05. The van der Waals surface area contributed by atoms with E-state index in [4.69, 9.17) is 0 Å². The zero-order valence-corrected chi connectivity index (χ0v) is 13.9. The van der Waals surface area contributed by atoms with Crippen molar-refractivity contribution in [1.82, 2.24) is 10.3 Å². The fraction of sp³-hybridized carbons (Fsp3) is 0.188. The van der Waals surface area contributed by atoms with E-state index < -0.39 is 29.7 Å². The highest BCUT2D eigenvalue weighted by atomic mass is 32.1. The molecule has 0 bridgehead atoms. The first-order valence-electron chi connectivity index (χ1n) is 7.07. The number of nitrogens with one attached hydrogen (secondary N) is 2. The van der Waals surface area contributed by atoms with Crippen LogP contribution in [0, 0.1) is 0 Å². The molecule has 2 N–H and O–H groups in total. The SMILES string of the molecule is C=CC(=O)Nc1cccc(C(=O)N[C@H](C)c2nc(C(F)(F)F)cs2)c1. The van der Waals surface area contributed by atoms with E-state index in [2.05, 4.69) is 22.2 Å². The van der Waals surface area contributed by atoms with Crippen LogP contribution in [0.3, 0.4) is 0 Å². The summed E-state index contributed by atoms with van der Waals surface area (Å²) in [5.41, 5.74) is -0.331. The monoisotopic (exact) mass is 369 g/mol. The van der Waals surface area contributed by atoms with Crippen LogP contribution in [-0.4, -0.2) is 16.8 Å². The zero-order chi connectivity index (χ0) is 18.6. The van der Waals surface area contributed by atoms with Crippen LogP contribution < -0.4 is 10.6 Å². The lowest BCUT2D eigenvalue weighted by atomic mass is 10.1. The molecular formula is C16H14F3N3O2S. The van der Waals surface area contributed by atoms with Crippen molar-refractivity contribution in [2.45, 2.75) is 19.1 Å². The van der Waals surface area contributed by atoms with Crippen molar-refractivity contribution in [3.8, 4) is 0 Å². The van der Waals surface area contributed by atoms with Crippen molar-refractivity contribution in [2.24, 2.45) is 0 Å². The van der Waals surface area contributed by atoms with Crippen LogP contribution in [0.25, 0.3) is 0 Å². The first kappa shape index (κ1) is 18.7. The van der Waals surface area contributed by atoms with E-state index in [1.165, 1.54) is 12.1 Å². The van der Waals surface area contributed by atoms with Crippen molar-refractivity contribution in [1.29, 1.82) is 0 Å². The summed E-state index contributed by atoms with van der Waals surface area (Å²) in [5, 5.41) is 6.16. The van der Waals surface area contributed by atoms with Crippen LogP contribution in [0.15, 0.2) is 42.3 Å². The second kappa shape index (κ2) is 7.47. The van der Waals surface area contributed by atoms with Gasteiger partial charge in [-0.2, -0.15) is 13.2 Å². The van der Waals surface area contributed by atoms with E-state index in [-0.39, 0.29) is 10.6 Å². The van der Waals surface area contributed by atoms with E-state index in [0.29, 0.717) is 5.69 Å². The number of aromatic nitrogens is 1. The third kappa shape index (κ3) is 4.90. The number of anilines is 1. The number of alkyl halides is 3. The molecule has 0 saturated carbocycles. The van der Waals surface area contributed by atoms with Gasteiger partial charge in [0.15, 0.2) is 5.69 Å². The second-order valence-electron chi connectivity index (χ2n) is 5.04. The molecule has 1 aromatic heterocycles. The van der Waals surface area contributed by atoms with E-state index in [1.807, 2.05) is 0 Å². The fourth-order valence-electron chi connectivity index (χ4n) is 1.89. The minimum Gasteiger partial charge on any atom is -0.343 e. The molecule has 2 amide bonds. The van der Waals surface area contributed by atoms with Crippen LogP contribution in [0.2, 0.25) is 0 Å². The summed E-state index contributed by atoms with van der Waals surface area (Å²) in [6.07, 6.45) is -3.42.